The summed E-state index contributed by atoms with van der Waals surface area (Å²) >= 11 is 1.38. The number of hydrogen-bond donors (Lipinski definition) is 1. The zero-order chi connectivity index (χ0) is 4.99. The Balaban J connectivity index is 2.83. The maximum absolute atomic E-state index is 9.84. The molecule has 3 radical (unpaired) electrons. The fourth-order valence-electron chi connectivity index (χ4n) is 0.123. The van der Waals surface area contributed by atoms with E-state index in [-0.39, 0.29) is 5.91 Å². The Hall–Kier alpha value is 0.269. The van der Waals surface area contributed by atoms with Crippen molar-refractivity contribution in [2.24, 2.45) is 5.73 Å². The molecule has 0 atom stereocenters. The first kappa shape index (κ1) is 6.27. The molecule has 0 saturated carbocycles. The van der Waals surface area contributed by atoms with Gasteiger partial charge in [-0.05, 0) is 0 Å². The summed E-state index contributed by atoms with van der Waals surface area (Å²) in [6, 6.07) is 0. The van der Waals surface area contributed by atoms with Crippen LogP contribution in [-0.4, -0.2) is 28.4 Å². The third kappa shape index (κ3) is 4.27. The van der Waals surface area contributed by atoms with Crippen molar-refractivity contribution in [1.82, 2.24) is 0 Å². The van der Waals surface area contributed by atoms with Crippen LogP contribution in [-0.2, 0) is 4.79 Å². The van der Waals surface area contributed by atoms with Crippen LogP contribution in [0.25, 0.3) is 0 Å². The first-order valence-corrected chi connectivity index (χ1v) is 3.72. The SMILES string of the molecule is NC(=O)C[CH2][Sn]. The van der Waals surface area contributed by atoms with Gasteiger partial charge in [0.1, 0.15) is 0 Å². The van der Waals surface area contributed by atoms with Crippen LogP contribution in [0.15, 0.2) is 0 Å². The van der Waals surface area contributed by atoms with E-state index in [1.165, 1.54) is 22.5 Å². The molecular formula is C3H6NOSn. The summed E-state index contributed by atoms with van der Waals surface area (Å²) in [4.78, 5) is 9.84. The Labute approximate surface area is 50.2 Å². The van der Waals surface area contributed by atoms with Gasteiger partial charge >= 0.3 is 49.8 Å². The summed E-state index contributed by atoms with van der Waals surface area (Å²) < 4.78 is 0.946. The molecule has 0 saturated heterocycles. The Morgan fingerprint density at radius 3 is 2.33 bits per heavy atom. The molecule has 0 aromatic carbocycles. The quantitative estimate of drug-likeness (QED) is 0.584. The van der Waals surface area contributed by atoms with Gasteiger partial charge in [0.2, 0.25) is 0 Å². The third-order valence-corrected chi connectivity index (χ3v) is 1.08. The van der Waals surface area contributed by atoms with Crippen LogP contribution in [0.2, 0.25) is 4.44 Å². The van der Waals surface area contributed by atoms with Crippen molar-refractivity contribution in [3.63, 3.8) is 0 Å². The van der Waals surface area contributed by atoms with E-state index in [1.807, 2.05) is 0 Å². The van der Waals surface area contributed by atoms with Crippen LogP contribution in [0.3, 0.4) is 0 Å². The number of carbonyl (C=O) groups is 1. The van der Waals surface area contributed by atoms with Crippen molar-refractivity contribution in [3.05, 3.63) is 0 Å². The van der Waals surface area contributed by atoms with Crippen molar-refractivity contribution in [2.45, 2.75) is 10.9 Å². The van der Waals surface area contributed by atoms with Gasteiger partial charge in [-0.1, -0.05) is 0 Å². The molecule has 0 aliphatic heterocycles. The van der Waals surface area contributed by atoms with Crippen LogP contribution < -0.4 is 5.73 Å². The van der Waals surface area contributed by atoms with E-state index < -0.39 is 0 Å². The van der Waals surface area contributed by atoms with Gasteiger partial charge in [0.25, 0.3) is 0 Å². The molecule has 33 valence electrons. The standard InChI is InChI=1S/C3H6NO.Sn/c1-2-3(4)5;/h1-2H2,(H2,4,5);. The van der Waals surface area contributed by atoms with Crippen molar-refractivity contribution in [3.8, 4) is 0 Å². The molecule has 0 aromatic heterocycles. The molecule has 0 heterocycles. The summed E-state index contributed by atoms with van der Waals surface area (Å²) in [5, 5.41) is 0. The number of primary amides is 1. The number of hydrogen-bond acceptors (Lipinski definition) is 1. The molecule has 0 aliphatic rings. The van der Waals surface area contributed by atoms with Crippen LogP contribution in [0.4, 0.5) is 0 Å². The second-order valence-electron chi connectivity index (χ2n) is 0.966. The van der Waals surface area contributed by atoms with E-state index in [0.29, 0.717) is 6.42 Å². The topological polar surface area (TPSA) is 43.1 Å². The van der Waals surface area contributed by atoms with Crippen molar-refractivity contribution in [2.75, 3.05) is 0 Å². The van der Waals surface area contributed by atoms with Gasteiger partial charge < -0.3 is 0 Å². The van der Waals surface area contributed by atoms with Gasteiger partial charge in [0.15, 0.2) is 0 Å². The predicted octanol–water partition coefficient (Wildman–Crippen LogP) is -0.551. The molecule has 1 amide bonds. The Morgan fingerprint density at radius 1 is 1.83 bits per heavy atom. The molecule has 6 heavy (non-hydrogen) atoms. The summed E-state index contributed by atoms with van der Waals surface area (Å²) in [5.41, 5.74) is 4.78. The average molecular weight is 191 g/mol. The molecule has 0 fully saturated rings. The fraction of sp³-hybridized carbons (Fsp3) is 0.667. The molecule has 2 nitrogen and oxygen atoms in total. The van der Waals surface area contributed by atoms with Crippen LogP contribution in [0.1, 0.15) is 6.42 Å². The van der Waals surface area contributed by atoms with Gasteiger partial charge in [-0.3, -0.25) is 0 Å². The third-order valence-electron chi connectivity index (χ3n) is 0.371. The minimum absolute atomic E-state index is 0.188. The van der Waals surface area contributed by atoms with E-state index in [0.717, 1.165) is 4.44 Å². The molecule has 0 aromatic rings. The number of carbonyl (C=O) groups excluding carboxylic acids is 1. The Kier molecular flexibility index (Phi) is 3.61. The zero-order valence-electron chi connectivity index (χ0n) is 3.40. The van der Waals surface area contributed by atoms with Crippen LogP contribution in [0, 0.1) is 0 Å². The van der Waals surface area contributed by atoms with Gasteiger partial charge in [0.05, 0.1) is 0 Å². The zero-order valence-corrected chi connectivity index (χ0v) is 6.25. The Morgan fingerprint density at radius 2 is 2.33 bits per heavy atom. The number of nitrogens with two attached hydrogens (primary N) is 1. The Bertz CT molecular complexity index is 54.8. The average Bonchev–Trinajstić information content (AvgIpc) is 1.35. The second kappa shape index (κ2) is 3.46. The summed E-state index contributed by atoms with van der Waals surface area (Å²) in [6.45, 7) is 0. The second-order valence-corrected chi connectivity index (χ2v) is 2.39. The first-order chi connectivity index (χ1) is 2.77. The van der Waals surface area contributed by atoms with Crippen LogP contribution >= 0.6 is 0 Å². The fourth-order valence-corrected chi connectivity index (χ4v) is 0.826. The van der Waals surface area contributed by atoms with Crippen molar-refractivity contribution in [1.29, 1.82) is 0 Å². The first-order valence-electron chi connectivity index (χ1n) is 1.70. The molecule has 2 N–H and O–H groups in total. The van der Waals surface area contributed by atoms with Crippen molar-refractivity contribution >= 4 is 28.4 Å². The molecule has 0 unspecified atom stereocenters. The molecule has 0 spiro atoms. The van der Waals surface area contributed by atoms with E-state index in [2.05, 4.69) is 0 Å². The summed E-state index contributed by atoms with van der Waals surface area (Å²) in [7, 11) is 0. The normalized spacial score (nSPS) is 8.17. The van der Waals surface area contributed by atoms with Gasteiger partial charge in [0, 0.05) is 0 Å². The van der Waals surface area contributed by atoms with Crippen LogP contribution in [0.5, 0.6) is 0 Å². The van der Waals surface area contributed by atoms with Gasteiger partial charge in [-0.25, -0.2) is 0 Å². The van der Waals surface area contributed by atoms with E-state index in [9.17, 15) is 4.79 Å². The van der Waals surface area contributed by atoms with E-state index >= 15 is 0 Å². The maximum atomic E-state index is 9.84. The van der Waals surface area contributed by atoms with E-state index in [4.69, 9.17) is 5.73 Å². The minimum atomic E-state index is -0.188. The van der Waals surface area contributed by atoms with E-state index in [1.54, 1.807) is 0 Å². The van der Waals surface area contributed by atoms with Crippen molar-refractivity contribution < 1.29 is 4.79 Å². The molecule has 0 bridgehead atoms. The summed E-state index contributed by atoms with van der Waals surface area (Å²) in [6.07, 6.45) is 0.554. The monoisotopic (exact) mass is 192 g/mol. The van der Waals surface area contributed by atoms with Gasteiger partial charge in [-0.2, -0.15) is 0 Å². The predicted molar refractivity (Wildman–Crippen MR) is 24.4 cm³/mol. The molecular weight excluding hydrogens is 185 g/mol. The number of rotatable bonds is 2. The number of amides is 1. The molecule has 0 rings (SSSR count). The molecule has 3 heteroatoms. The van der Waals surface area contributed by atoms with Gasteiger partial charge in [-0.15, -0.1) is 0 Å². The molecule has 0 aliphatic carbocycles. The summed E-state index contributed by atoms with van der Waals surface area (Å²) in [5.74, 6) is -0.188.